The van der Waals surface area contributed by atoms with Gasteiger partial charge in [-0.15, -0.1) is 0 Å². The Morgan fingerprint density at radius 1 is 1.15 bits per heavy atom. The molecule has 0 spiro atoms. The molecule has 0 radical (unpaired) electrons. The molecule has 0 fully saturated rings. The molecule has 0 heterocycles. The van der Waals surface area contributed by atoms with Crippen LogP contribution in [0.25, 0.3) is 0 Å². The van der Waals surface area contributed by atoms with Gasteiger partial charge in [0.25, 0.3) is 5.91 Å². The van der Waals surface area contributed by atoms with E-state index in [1.165, 1.54) is 5.56 Å². The van der Waals surface area contributed by atoms with Gasteiger partial charge >= 0.3 is 0 Å². The molecule has 20 heavy (non-hydrogen) atoms. The fourth-order valence-corrected chi connectivity index (χ4v) is 2.56. The molecule has 0 atom stereocenters. The lowest BCUT2D eigenvalue weighted by Crippen LogP contribution is -2.12. The fraction of sp³-hybridized carbons (Fsp3) is 0.188. The number of amides is 1. The number of rotatable bonds is 4. The summed E-state index contributed by atoms with van der Waals surface area (Å²) in [5.41, 5.74) is 3.77. The van der Waals surface area contributed by atoms with Crippen LogP contribution in [-0.4, -0.2) is 11.2 Å². The molecule has 0 aliphatic carbocycles. The zero-order valence-corrected chi connectivity index (χ0v) is 14.3. The minimum Gasteiger partial charge on any atom is -0.322 e. The first-order valence-corrected chi connectivity index (χ1v) is 8.24. The third-order valence-electron chi connectivity index (χ3n) is 3.02. The summed E-state index contributed by atoms with van der Waals surface area (Å²) in [6.07, 6.45) is 0.986. The Morgan fingerprint density at radius 3 is 2.45 bits per heavy atom. The van der Waals surface area contributed by atoms with Crippen LogP contribution < -0.4 is 5.32 Å². The molecule has 0 saturated carbocycles. The van der Waals surface area contributed by atoms with Crippen LogP contribution in [0.1, 0.15) is 21.5 Å². The lowest BCUT2D eigenvalue weighted by atomic mass is 10.1. The van der Waals surface area contributed by atoms with Gasteiger partial charge in [0.05, 0.1) is 0 Å². The SMILES string of the molecule is Cc1cc(C(=O)Nc2ccc(CCBr)cc2)ccc1Br. The average molecular weight is 397 g/mol. The Bertz CT molecular complexity index is 608. The maximum atomic E-state index is 12.2. The highest BCUT2D eigenvalue weighted by atomic mass is 79.9. The molecule has 0 aliphatic rings. The van der Waals surface area contributed by atoms with Crippen molar-refractivity contribution in [2.75, 3.05) is 10.6 Å². The quantitative estimate of drug-likeness (QED) is 0.728. The van der Waals surface area contributed by atoms with E-state index in [-0.39, 0.29) is 5.91 Å². The van der Waals surface area contributed by atoms with E-state index in [2.05, 4.69) is 37.2 Å². The van der Waals surface area contributed by atoms with E-state index in [0.717, 1.165) is 27.5 Å². The monoisotopic (exact) mass is 395 g/mol. The summed E-state index contributed by atoms with van der Waals surface area (Å²) >= 11 is 6.85. The summed E-state index contributed by atoms with van der Waals surface area (Å²) in [5.74, 6) is -0.0890. The first-order chi connectivity index (χ1) is 9.60. The summed E-state index contributed by atoms with van der Waals surface area (Å²) in [6, 6.07) is 13.5. The second-order valence-electron chi connectivity index (χ2n) is 4.55. The van der Waals surface area contributed by atoms with Gasteiger partial charge in [-0.05, 0) is 54.8 Å². The molecule has 2 aromatic carbocycles. The van der Waals surface area contributed by atoms with Gasteiger partial charge < -0.3 is 5.32 Å². The van der Waals surface area contributed by atoms with Crippen molar-refractivity contribution in [2.45, 2.75) is 13.3 Å². The number of anilines is 1. The number of hydrogen-bond donors (Lipinski definition) is 1. The number of aryl methyl sites for hydroxylation is 2. The minimum absolute atomic E-state index is 0.0890. The number of nitrogens with one attached hydrogen (secondary N) is 1. The molecule has 0 bridgehead atoms. The number of hydrogen-bond acceptors (Lipinski definition) is 1. The largest absolute Gasteiger partial charge is 0.322 e. The Hall–Kier alpha value is -1.13. The third kappa shape index (κ3) is 3.93. The van der Waals surface area contributed by atoms with Crippen molar-refractivity contribution in [3.8, 4) is 0 Å². The van der Waals surface area contributed by atoms with Crippen LogP contribution >= 0.6 is 31.9 Å². The van der Waals surface area contributed by atoms with Crippen molar-refractivity contribution in [2.24, 2.45) is 0 Å². The molecule has 1 N–H and O–H groups in total. The third-order valence-corrected chi connectivity index (χ3v) is 4.30. The minimum atomic E-state index is -0.0890. The van der Waals surface area contributed by atoms with Crippen LogP contribution in [0.15, 0.2) is 46.9 Å². The Morgan fingerprint density at radius 2 is 1.85 bits per heavy atom. The second-order valence-corrected chi connectivity index (χ2v) is 6.20. The summed E-state index contributed by atoms with van der Waals surface area (Å²) in [7, 11) is 0. The van der Waals surface area contributed by atoms with Crippen molar-refractivity contribution >= 4 is 43.5 Å². The van der Waals surface area contributed by atoms with Gasteiger partial charge in [0, 0.05) is 21.1 Å². The number of halogens is 2. The van der Waals surface area contributed by atoms with Crippen LogP contribution in [0.3, 0.4) is 0 Å². The van der Waals surface area contributed by atoms with Gasteiger partial charge in [0.1, 0.15) is 0 Å². The van der Waals surface area contributed by atoms with E-state index in [1.54, 1.807) is 0 Å². The Balaban J connectivity index is 2.08. The highest BCUT2D eigenvalue weighted by molar-refractivity contribution is 9.10. The van der Waals surface area contributed by atoms with Crippen LogP contribution in [0, 0.1) is 6.92 Å². The maximum absolute atomic E-state index is 12.2. The predicted octanol–water partition coefficient (Wildman–Crippen LogP) is 4.95. The number of carbonyl (C=O) groups is 1. The topological polar surface area (TPSA) is 29.1 Å². The highest BCUT2D eigenvalue weighted by Crippen LogP contribution is 2.18. The van der Waals surface area contributed by atoms with Crippen molar-refractivity contribution in [1.29, 1.82) is 0 Å². The second kappa shape index (κ2) is 7.04. The molecule has 2 aromatic rings. The summed E-state index contributed by atoms with van der Waals surface area (Å²) in [4.78, 5) is 12.2. The van der Waals surface area contributed by atoms with Crippen LogP contribution in [0.2, 0.25) is 0 Å². The maximum Gasteiger partial charge on any atom is 0.255 e. The highest BCUT2D eigenvalue weighted by Gasteiger charge is 2.07. The van der Waals surface area contributed by atoms with Gasteiger partial charge in [-0.1, -0.05) is 44.0 Å². The van der Waals surface area contributed by atoms with Gasteiger partial charge in [-0.3, -0.25) is 4.79 Å². The van der Waals surface area contributed by atoms with Gasteiger partial charge in [-0.2, -0.15) is 0 Å². The van der Waals surface area contributed by atoms with E-state index in [0.29, 0.717) is 5.56 Å². The van der Waals surface area contributed by atoms with Crippen molar-refractivity contribution < 1.29 is 4.79 Å². The molecule has 104 valence electrons. The Kier molecular flexibility index (Phi) is 5.38. The molecular formula is C16H15Br2NO. The first kappa shape index (κ1) is 15.3. The normalized spacial score (nSPS) is 10.3. The van der Waals surface area contributed by atoms with Crippen molar-refractivity contribution in [3.05, 3.63) is 63.6 Å². The summed E-state index contributed by atoms with van der Waals surface area (Å²) in [6.45, 7) is 1.97. The van der Waals surface area contributed by atoms with Gasteiger partial charge in [-0.25, -0.2) is 0 Å². The Labute approximate surface area is 135 Å². The lowest BCUT2D eigenvalue weighted by Gasteiger charge is -2.07. The van der Waals surface area contributed by atoms with E-state index in [9.17, 15) is 4.79 Å². The van der Waals surface area contributed by atoms with Gasteiger partial charge in [0.15, 0.2) is 0 Å². The van der Waals surface area contributed by atoms with E-state index in [4.69, 9.17) is 0 Å². The first-order valence-electron chi connectivity index (χ1n) is 6.32. The van der Waals surface area contributed by atoms with Gasteiger partial charge in [0.2, 0.25) is 0 Å². The average Bonchev–Trinajstić information content (AvgIpc) is 2.44. The molecule has 0 saturated heterocycles. The molecule has 1 amide bonds. The molecule has 0 aromatic heterocycles. The van der Waals surface area contributed by atoms with E-state index >= 15 is 0 Å². The smallest absolute Gasteiger partial charge is 0.255 e. The van der Waals surface area contributed by atoms with Crippen LogP contribution in [0.5, 0.6) is 0 Å². The molecule has 0 unspecified atom stereocenters. The molecule has 2 nitrogen and oxygen atoms in total. The lowest BCUT2D eigenvalue weighted by molar-refractivity contribution is 0.102. The predicted molar refractivity (Wildman–Crippen MR) is 90.8 cm³/mol. The molecule has 0 aliphatic heterocycles. The molecule has 2 rings (SSSR count). The number of alkyl halides is 1. The zero-order chi connectivity index (χ0) is 14.5. The zero-order valence-electron chi connectivity index (χ0n) is 11.1. The van der Waals surface area contributed by atoms with Crippen LogP contribution in [-0.2, 0) is 6.42 Å². The van der Waals surface area contributed by atoms with E-state index in [1.807, 2.05) is 49.4 Å². The van der Waals surface area contributed by atoms with Crippen molar-refractivity contribution in [3.63, 3.8) is 0 Å². The number of carbonyl (C=O) groups excluding carboxylic acids is 1. The standard InChI is InChI=1S/C16H15Br2NO/c1-11-10-13(4-7-15(11)18)16(20)19-14-5-2-12(3-6-14)8-9-17/h2-7,10H,8-9H2,1H3,(H,19,20). The summed E-state index contributed by atoms with van der Waals surface area (Å²) in [5, 5.41) is 3.85. The van der Waals surface area contributed by atoms with Crippen LogP contribution in [0.4, 0.5) is 5.69 Å². The number of benzene rings is 2. The summed E-state index contributed by atoms with van der Waals surface area (Å²) < 4.78 is 1.01. The molecule has 4 heteroatoms. The fourth-order valence-electron chi connectivity index (χ4n) is 1.85. The van der Waals surface area contributed by atoms with E-state index < -0.39 is 0 Å². The van der Waals surface area contributed by atoms with Crippen molar-refractivity contribution in [1.82, 2.24) is 0 Å². The molecular weight excluding hydrogens is 382 g/mol.